The maximum atomic E-state index is 13.5. The molecule has 24 heteroatoms. The summed E-state index contributed by atoms with van der Waals surface area (Å²) in [6, 6.07) is 64.9. The number of halogens is 6. The van der Waals surface area contributed by atoms with Crippen LogP contribution in [0.3, 0.4) is 0 Å². The van der Waals surface area contributed by atoms with E-state index in [0.29, 0.717) is 78.3 Å². The van der Waals surface area contributed by atoms with Gasteiger partial charge >= 0.3 is 12.4 Å². The van der Waals surface area contributed by atoms with Crippen molar-refractivity contribution in [3.05, 3.63) is 182 Å². The Balaban J connectivity index is 0.000000263. The van der Waals surface area contributed by atoms with E-state index in [2.05, 4.69) is 193 Å². The van der Waals surface area contributed by atoms with E-state index in [9.17, 15) is 35.9 Å². The molecule has 8 rings (SSSR count). The van der Waals surface area contributed by atoms with Gasteiger partial charge in [0.1, 0.15) is 58.3 Å². The van der Waals surface area contributed by atoms with Crippen LogP contribution in [0.2, 0.25) is 0 Å². The largest absolute Gasteiger partial charge is 0.542 e. The first-order chi connectivity index (χ1) is 41.8. The maximum absolute atomic E-state index is 13.5. The smallest absolute Gasteiger partial charge is 0.430 e. The molecule has 16 nitrogen and oxygen atoms in total. The van der Waals surface area contributed by atoms with E-state index >= 15 is 0 Å². The number of carboxylic acids is 2. The van der Waals surface area contributed by atoms with Gasteiger partial charge in [0.15, 0.2) is 11.9 Å². The van der Waals surface area contributed by atoms with Gasteiger partial charge in [-0.2, -0.15) is 26.3 Å². The standard InChI is InChI=1S/2C30H37N4O2P.2C2HF3O2/c2*1-34(29(31)32)24-30(18-21-36-22-19-30)28(35)33-20-11-23-37(25-12-5-2-6-13-25,26-14-7-3-8-15-26)27-16-9-4-10-17-27;2*3-2(4,5)1(6)7/h2*2-10,12-17H,11,18-24H2,1H3,(H3-,31,32,33,35);2*(H,6,7). The van der Waals surface area contributed by atoms with Gasteiger partial charge < -0.3 is 61.2 Å². The fourth-order valence-corrected chi connectivity index (χ4v) is 19.4. The summed E-state index contributed by atoms with van der Waals surface area (Å²) >= 11 is 0. The zero-order chi connectivity index (χ0) is 64.4. The van der Waals surface area contributed by atoms with Crippen LogP contribution in [0.25, 0.3) is 0 Å². The first-order valence-electron chi connectivity index (χ1n) is 28.3. The number of nitrogens with zero attached hydrogens (tertiary/aromatic N) is 2. The van der Waals surface area contributed by atoms with Gasteiger partial charge in [0.05, 0.1) is 23.2 Å². The van der Waals surface area contributed by atoms with Gasteiger partial charge in [-0.3, -0.25) is 20.4 Å². The molecule has 2 saturated heterocycles. The number of amides is 2. The Morgan fingerprint density at radius 3 is 0.852 bits per heavy atom. The second-order valence-corrected chi connectivity index (χ2v) is 28.4. The number of guanidine groups is 2. The molecule has 0 radical (unpaired) electrons. The van der Waals surface area contributed by atoms with Crippen molar-refractivity contribution >= 4 is 82.0 Å². The Morgan fingerprint density at radius 2 is 0.670 bits per heavy atom. The summed E-state index contributed by atoms with van der Waals surface area (Å²) in [5, 5.41) is 47.7. The third-order valence-corrected chi connectivity index (χ3v) is 24.4. The van der Waals surface area contributed by atoms with Gasteiger partial charge in [-0.05, 0) is 111 Å². The van der Waals surface area contributed by atoms with Crippen molar-refractivity contribution in [1.82, 2.24) is 20.4 Å². The fourth-order valence-electron chi connectivity index (χ4n) is 10.7. The number of carboxylic acid groups (broad SMARTS) is 2. The van der Waals surface area contributed by atoms with Crippen LogP contribution in [0.15, 0.2) is 182 Å². The monoisotopic (exact) mass is 1260 g/mol. The number of hydrogen-bond acceptors (Lipinski definition) is 10. The van der Waals surface area contributed by atoms with E-state index in [-0.39, 0.29) is 23.7 Å². The Hall–Kier alpha value is -7.90. The predicted octanol–water partition coefficient (Wildman–Crippen LogP) is 4.81. The second kappa shape index (κ2) is 33.4. The minimum atomic E-state index is -5.19. The zero-order valence-electron chi connectivity index (χ0n) is 49.1. The molecule has 2 amide bonds. The number of nitrogens with one attached hydrogen (secondary N) is 4. The number of aliphatic carboxylic acids is 2. The van der Waals surface area contributed by atoms with Crippen molar-refractivity contribution in [3.63, 3.8) is 0 Å². The highest BCUT2D eigenvalue weighted by molar-refractivity contribution is 7.96. The van der Waals surface area contributed by atoms with Crippen LogP contribution >= 0.6 is 14.5 Å². The summed E-state index contributed by atoms with van der Waals surface area (Å²) in [7, 11) is -0.306. The van der Waals surface area contributed by atoms with Crippen molar-refractivity contribution in [2.24, 2.45) is 22.3 Å². The minimum Gasteiger partial charge on any atom is -0.542 e. The molecule has 0 unspecified atom stereocenters. The van der Waals surface area contributed by atoms with Crippen molar-refractivity contribution < 1.29 is 65.2 Å². The Labute approximate surface area is 510 Å². The number of benzene rings is 6. The molecular weight excluding hydrogens is 1180 g/mol. The molecule has 0 spiro atoms. The molecule has 2 aliphatic rings. The average molecular weight is 1260 g/mol. The molecule has 6 aromatic rings. The first kappa shape index (κ1) is 70.9. The van der Waals surface area contributed by atoms with Crippen molar-refractivity contribution in [3.8, 4) is 0 Å². The first-order valence-corrected chi connectivity index (χ1v) is 32.3. The van der Waals surface area contributed by atoms with Crippen LogP contribution in [0.1, 0.15) is 38.5 Å². The molecule has 2 fully saturated rings. The molecule has 0 aliphatic carbocycles. The molecule has 88 heavy (non-hydrogen) atoms. The van der Waals surface area contributed by atoms with Gasteiger partial charge in [-0.15, -0.1) is 0 Å². The van der Waals surface area contributed by atoms with Crippen LogP contribution < -0.4 is 64.1 Å². The molecule has 0 bridgehead atoms. The average Bonchev–Trinajstić information content (AvgIpc) is 2.46. The molecule has 8 N–H and O–H groups in total. The van der Waals surface area contributed by atoms with E-state index in [1.54, 1.807) is 23.9 Å². The number of hydrogen-bond donors (Lipinski definition) is 6. The molecule has 2 heterocycles. The second-order valence-electron chi connectivity index (χ2n) is 21.1. The topological polar surface area (TPSA) is 263 Å². The molecule has 472 valence electrons. The molecule has 0 atom stereocenters. The SMILES string of the molecule is CN(CC1(C(=O)NCCC[P+](c2ccccc2)(c2ccccc2)c2ccccc2)CCOCC1)C(=N)N.CN(CC1(C(=O)NCCC[P+](c2ccccc2)(c2ccccc2)c2ccccc2)CCOCC1)C(=N)N.O=C([O-])C(F)(F)F.O=C([O-])C(F)(F)F. The van der Waals surface area contributed by atoms with Gasteiger partial charge in [0.25, 0.3) is 0 Å². The third-order valence-electron chi connectivity index (χ3n) is 15.3. The zero-order valence-corrected chi connectivity index (χ0v) is 50.9. The molecule has 0 aromatic heterocycles. The van der Waals surface area contributed by atoms with Crippen molar-refractivity contribution in [2.75, 3.05) is 79.0 Å². The van der Waals surface area contributed by atoms with Crippen LogP contribution in [0.4, 0.5) is 26.3 Å². The minimum absolute atomic E-state index is 0.0261. The van der Waals surface area contributed by atoms with Crippen molar-refractivity contribution in [2.45, 2.75) is 50.9 Å². The molecular formula is C64H76F6N8O8P2. The van der Waals surface area contributed by atoms with E-state index in [4.69, 9.17) is 51.6 Å². The van der Waals surface area contributed by atoms with E-state index in [0.717, 1.165) is 25.2 Å². The lowest BCUT2D eigenvalue weighted by molar-refractivity contribution is -0.344. The summed E-state index contributed by atoms with van der Waals surface area (Å²) in [5.74, 6) is -6.00. The molecule has 0 saturated carbocycles. The predicted molar refractivity (Wildman–Crippen MR) is 331 cm³/mol. The van der Waals surface area contributed by atoms with Gasteiger partial charge in [-0.1, -0.05) is 109 Å². The highest BCUT2D eigenvalue weighted by Crippen LogP contribution is 2.57. The lowest BCUT2D eigenvalue weighted by Gasteiger charge is -2.38. The summed E-state index contributed by atoms with van der Waals surface area (Å²) in [6.07, 6.45) is -4.25. The third kappa shape index (κ3) is 19.6. The van der Waals surface area contributed by atoms with Gasteiger partial charge in [0, 0.05) is 66.7 Å². The fraction of sp³-hybridized carbons (Fsp3) is 0.344. The number of nitrogens with two attached hydrogens (primary N) is 2. The Morgan fingerprint density at radius 1 is 0.466 bits per heavy atom. The lowest BCUT2D eigenvalue weighted by atomic mass is 9.78. The van der Waals surface area contributed by atoms with Gasteiger partial charge in [-0.25, -0.2) is 0 Å². The number of carbonyl (C=O) groups is 4. The van der Waals surface area contributed by atoms with E-state index in [1.165, 1.54) is 31.8 Å². The number of carbonyl (C=O) groups excluding carboxylic acids is 4. The maximum Gasteiger partial charge on any atom is 0.430 e. The van der Waals surface area contributed by atoms with E-state index < -0.39 is 49.6 Å². The molecule has 6 aromatic carbocycles. The van der Waals surface area contributed by atoms with E-state index in [1.807, 2.05) is 0 Å². The summed E-state index contributed by atoms with van der Waals surface area (Å²) in [5.41, 5.74) is 10.2. The summed E-state index contributed by atoms with van der Waals surface area (Å²) < 4.78 is 74.2. The Bertz CT molecular complexity index is 2730. The van der Waals surface area contributed by atoms with Gasteiger partial charge in [0.2, 0.25) is 11.8 Å². The molecule has 2 aliphatic heterocycles. The van der Waals surface area contributed by atoms with Crippen LogP contribution in [-0.4, -0.2) is 137 Å². The van der Waals surface area contributed by atoms with Crippen LogP contribution in [0, 0.1) is 21.6 Å². The van der Waals surface area contributed by atoms with Crippen molar-refractivity contribution in [1.29, 1.82) is 10.8 Å². The summed E-state index contributed by atoms with van der Waals surface area (Å²) in [6.45, 7) is 4.22. The Kier molecular flexibility index (Phi) is 26.9. The summed E-state index contributed by atoms with van der Waals surface area (Å²) in [4.78, 5) is 47.9. The lowest BCUT2D eigenvalue weighted by Crippen LogP contribution is -2.52. The number of rotatable bonds is 20. The number of alkyl halides is 6. The normalized spacial score (nSPS) is 14.5. The highest BCUT2D eigenvalue weighted by atomic mass is 31.2. The highest BCUT2D eigenvalue weighted by Gasteiger charge is 2.47. The number of ether oxygens (including phenoxy) is 2. The quantitative estimate of drug-likeness (QED) is 0.0198. The van der Waals surface area contributed by atoms with Crippen LogP contribution in [-0.2, 0) is 28.7 Å². The van der Waals surface area contributed by atoms with Crippen LogP contribution in [0.5, 0.6) is 0 Å².